The predicted octanol–water partition coefficient (Wildman–Crippen LogP) is -0.0302. The number of nitrogens with two attached hydrogens (primary N) is 1. The van der Waals surface area contributed by atoms with Crippen LogP contribution in [0.1, 0.15) is 46.5 Å². The van der Waals surface area contributed by atoms with Crippen LogP contribution in [0.5, 0.6) is 0 Å². The second-order valence-corrected chi connectivity index (χ2v) is 6.63. The molecule has 0 bridgehead atoms. The zero-order valence-electron chi connectivity index (χ0n) is 13.3. The molecule has 4 atom stereocenters. The van der Waals surface area contributed by atoms with E-state index in [0.29, 0.717) is 18.6 Å². The molecule has 0 aromatic heterocycles. The zero-order valence-corrected chi connectivity index (χ0v) is 13.3. The SMILES string of the molecule is CC(=O)NC1CC(NC(C)C)CCC1N1CCC(N)C1=O. The summed E-state index contributed by atoms with van der Waals surface area (Å²) >= 11 is 0. The van der Waals surface area contributed by atoms with Gasteiger partial charge in [-0.2, -0.15) is 0 Å². The number of nitrogens with one attached hydrogen (secondary N) is 2. The molecule has 2 rings (SSSR count). The molecule has 2 fully saturated rings. The highest BCUT2D eigenvalue weighted by atomic mass is 16.2. The number of amides is 2. The summed E-state index contributed by atoms with van der Waals surface area (Å²) in [5.41, 5.74) is 5.82. The molecule has 1 aliphatic heterocycles. The summed E-state index contributed by atoms with van der Waals surface area (Å²) < 4.78 is 0. The first kappa shape index (κ1) is 16.2. The largest absolute Gasteiger partial charge is 0.351 e. The third-order valence-electron chi connectivity index (χ3n) is 4.45. The molecule has 1 aliphatic carbocycles. The Labute approximate surface area is 126 Å². The number of carbonyl (C=O) groups is 2. The van der Waals surface area contributed by atoms with Crippen LogP contribution in [-0.4, -0.2) is 53.5 Å². The minimum absolute atomic E-state index is 0.0155. The van der Waals surface area contributed by atoms with Crippen LogP contribution < -0.4 is 16.4 Å². The molecule has 120 valence electrons. The average Bonchev–Trinajstić information content (AvgIpc) is 2.69. The fraction of sp³-hybridized carbons (Fsp3) is 0.867. The minimum atomic E-state index is -0.366. The molecule has 1 saturated carbocycles. The van der Waals surface area contributed by atoms with E-state index in [-0.39, 0.29) is 29.9 Å². The van der Waals surface area contributed by atoms with Crippen molar-refractivity contribution in [1.29, 1.82) is 0 Å². The molecule has 6 heteroatoms. The first-order valence-electron chi connectivity index (χ1n) is 7.97. The first-order chi connectivity index (χ1) is 9.88. The van der Waals surface area contributed by atoms with E-state index in [1.165, 1.54) is 6.92 Å². The van der Waals surface area contributed by atoms with Gasteiger partial charge in [-0.15, -0.1) is 0 Å². The molecule has 2 amide bonds. The van der Waals surface area contributed by atoms with Crippen LogP contribution >= 0.6 is 0 Å². The third kappa shape index (κ3) is 3.95. The van der Waals surface area contributed by atoms with Gasteiger partial charge in [-0.05, 0) is 25.7 Å². The molecule has 0 aromatic carbocycles. The molecule has 0 aromatic rings. The van der Waals surface area contributed by atoms with Crippen molar-refractivity contribution in [3.05, 3.63) is 0 Å². The van der Waals surface area contributed by atoms with Crippen molar-refractivity contribution in [2.75, 3.05) is 6.54 Å². The Kier molecular flexibility index (Phi) is 5.22. The summed E-state index contributed by atoms with van der Waals surface area (Å²) in [4.78, 5) is 25.5. The molecule has 1 heterocycles. The third-order valence-corrected chi connectivity index (χ3v) is 4.45. The van der Waals surface area contributed by atoms with Crippen molar-refractivity contribution in [3.8, 4) is 0 Å². The van der Waals surface area contributed by atoms with E-state index in [0.717, 1.165) is 25.7 Å². The van der Waals surface area contributed by atoms with Gasteiger partial charge in [-0.3, -0.25) is 9.59 Å². The van der Waals surface area contributed by atoms with Gasteiger partial charge in [-0.25, -0.2) is 0 Å². The maximum Gasteiger partial charge on any atom is 0.239 e. The van der Waals surface area contributed by atoms with Crippen LogP contribution in [0.3, 0.4) is 0 Å². The van der Waals surface area contributed by atoms with E-state index in [2.05, 4.69) is 24.5 Å². The van der Waals surface area contributed by atoms with E-state index in [9.17, 15) is 9.59 Å². The summed E-state index contributed by atoms with van der Waals surface area (Å²) in [6, 6.07) is 0.548. The second kappa shape index (κ2) is 6.75. The quantitative estimate of drug-likeness (QED) is 0.680. The Balaban J connectivity index is 2.05. The summed E-state index contributed by atoms with van der Waals surface area (Å²) in [5.74, 6) is -0.00300. The molecule has 6 nitrogen and oxygen atoms in total. The van der Waals surface area contributed by atoms with Crippen molar-refractivity contribution in [1.82, 2.24) is 15.5 Å². The van der Waals surface area contributed by atoms with Crippen molar-refractivity contribution in [2.45, 2.75) is 76.7 Å². The molecule has 0 radical (unpaired) electrons. The molecule has 21 heavy (non-hydrogen) atoms. The fourth-order valence-corrected chi connectivity index (χ4v) is 3.62. The average molecular weight is 296 g/mol. The lowest BCUT2D eigenvalue weighted by Crippen LogP contribution is -2.58. The van der Waals surface area contributed by atoms with E-state index in [4.69, 9.17) is 5.73 Å². The number of hydrogen-bond acceptors (Lipinski definition) is 4. The fourth-order valence-electron chi connectivity index (χ4n) is 3.62. The molecule has 4 unspecified atom stereocenters. The topological polar surface area (TPSA) is 87.5 Å². The van der Waals surface area contributed by atoms with Crippen LogP contribution in [0.4, 0.5) is 0 Å². The summed E-state index contributed by atoms with van der Waals surface area (Å²) in [6.45, 7) is 6.50. The Morgan fingerprint density at radius 1 is 1.33 bits per heavy atom. The number of carbonyl (C=O) groups excluding carboxylic acids is 2. The number of likely N-dealkylation sites (tertiary alicyclic amines) is 1. The Morgan fingerprint density at radius 3 is 2.57 bits per heavy atom. The monoisotopic (exact) mass is 296 g/mol. The second-order valence-electron chi connectivity index (χ2n) is 6.63. The molecule has 4 N–H and O–H groups in total. The Morgan fingerprint density at radius 2 is 2.05 bits per heavy atom. The lowest BCUT2D eigenvalue weighted by molar-refractivity contribution is -0.133. The van der Waals surface area contributed by atoms with E-state index >= 15 is 0 Å². The van der Waals surface area contributed by atoms with Crippen LogP contribution in [0.25, 0.3) is 0 Å². The highest BCUT2D eigenvalue weighted by Crippen LogP contribution is 2.27. The van der Waals surface area contributed by atoms with Gasteiger partial charge >= 0.3 is 0 Å². The van der Waals surface area contributed by atoms with Gasteiger partial charge in [0, 0.05) is 25.6 Å². The summed E-state index contributed by atoms with van der Waals surface area (Å²) in [6.07, 6.45) is 3.52. The summed E-state index contributed by atoms with van der Waals surface area (Å²) in [5, 5.41) is 6.57. The van der Waals surface area contributed by atoms with Crippen molar-refractivity contribution < 1.29 is 9.59 Å². The van der Waals surface area contributed by atoms with Crippen LogP contribution in [0, 0.1) is 0 Å². The lowest BCUT2D eigenvalue weighted by Gasteiger charge is -2.42. The van der Waals surface area contributed by atoms with Crippen molar-refractivity contribution in [2.24, 2.45) is 5.73 Å². The Bertz CT molecular complexity index is 399. The minimum Gasteiger partial charge on any atom is -0.351 e. The number of hydrogen-bond donors (Lipinski definition) is 3. The molecule has 1 saturated heterocycles. The normalized spacial score (nSPS) is 33.6. The van der Waals surface area contributed by atoms with Gasteiger partial charge < -0.3 is 21.3 Å². The highest BCUT2D eigenvalue weighted by Gasteiger charge is 2.40. The smallest absolute Gasteiger partial charge is 0.239 e. The zero-order chi connectivity index (χ0) is 15.6. The molecular weight excluding hydrogens is 268 g/mol. The summed E-state index contributed by atoms with van der Waals surface area (Å²) in [7, 11) is 0. The van der Waals surface area contributed by atoms with Crippen LogP contribution in [-0.2, 0) is 9.59 Å². The Hall–Kier alpha value is -1.14. The predicted molar refractivity (Wildman–Crippen MR) is 81.6 cm³/mol. The maximum absolute atomic E-state index is 12.2. The molecule has 0 spiro atoms. The van der Waals surface area contributed by atoms with E-state index in [1.807, 2.05) is 4.90 Å². The number of nitrogens with zero attached hydrogens (tertiary/aromatic N) is 1. The molecule has 2 aliphatic rings. The first-order valence-corrected chi connectivity index (χ1v) is 7.97. The lowest BCUT2D eigenvalue weighted by atomic mass is 9.85. The van der Waals surface area contributed by atoms with E-state index < -0.39 is 0 Å². The van der Waals surface area contributed by atoms with Crippen LogP contribution in [0.15, 0.2) is 0 Å². The maximum atomic E-state index is 12.2. The highest BCUT2D eigenvalue weighted by molar-refractivity contribution is 5.84. The van der Waals surface area contributed by atoms with Crippen molar-refractivity contribution >= 4 is 11.8 Å². The van der Waals surface area contributed by atoms with Crippen molar-refractivity contribution in [3.63, 3.8) is 0 Å². The van der Waals surface area contributed by atoms with Gasteiger partial charge in [-0.1, -0.05) is 13.8 Å². The van der Waals surface area contributed by atoms with Crippen LogP contribution in [0.2, 0.25) is 0 Å². The molecular formula is C15H28N4O2. The standard InChI is InChI=1S/C15H28N4O2/c1-9(2)17-11-4-5-14(13(8-11)18-10(3)20)19-7-6-12(16)15(19)21/h9,11-14,17H,4-8,16H2,1-3H3,(H,18,20). The van der Waals surface area contributed by atoms with Gasteiger partial charge in [0.2, 0.25) is 11.8 Å². The van der Waals surface area contributed by atoms with Gasteiger partial charge in [0.25, 0.3) is 0 Å². The number of rotatable bonds is 4. The van der Waals surface area contributed by atoms with Gasteiger partial charge in [0.05, 0.1) is 18.1 Å². The van der Waals surface area contributed by atoms with E-state index in [1.54, 1.807) is 0 Å². The van der Waals surface area contributed by atoms with Gasteiger partial charge in [0.1, 0.15) is 0 Å². The van der Waals surface area contributed by atoms with Gasteiger partial charge in [0.15, 0.2) is 0 Å².